The molecule has 0 amide bonds. The molecule has 0 saturated carbocycles. The maximum atomic E-state index is 13.0. The summed E-state index contributed by atoms with van der Waals surface area (Å²) in [6, 6.07) is 8.74. The Morgan fingerprint density at radius 2 is 1.81 bits per heavy atom. The molecular weight excluding hydrogens is 399 g/mol. The van der Waals surface area contributed by atoms with E-state index in [1.807, 2.05) is 22.6 Å². The second kappa shape index (κ2) is 5.89. The van der Waals surface area contributed by atoms with E-state index in [9.17, 15) is 17.6 Å². The van der Waals surface area contributed by atoms with Gasteiger partial charge in [0.05, 0.1) is 22.9 Å². The van der Waals surface area contributed by atoms with Gasteiger partial charge in [-0.25, -0.2) is 4.39 Å². The first-order valence-electron chi connectivity index (χ1n) is 5.64. The van der Waals surface area contributed by atoms with E-state index in [2.05, 4.69) is 5.32 Å². The Hall–Kier alpha value is -1.82. The van der Waals surface area contributed by atoms with Gasteiger partial charge in [-0.1, -0.05) is 0 Å². The molecule has 2 aromatic carbocycles. The summed E-state index contributed by atoms with van der Waals surface area (Å²) in [5.74, 6) is -0.430. The number of halogens is 5. The quantitative estimate of drug-likeness (QED) is 0.559. The summed E-state index contributed by atoms with van der Waals surface area (Å²) in [6.45, 7) is 0. The average Bonchev–Trinajstić information content (AvgIpc) is 2.41. The van der Waals surface area contributed by atoms with Gasteiger partial charge in [0.1, 0.15) is 5.82 Å². The fraction of sp³-hybridized carbons (Fsp3) is 0.0714. The van der Waals surface area contributed by atoms with E-state index in [4.69, 9.17) is 5.26 Å². The number of nitriles is 1. The summed E-state index contributed by atoms with van der Waals surface area (Å²) in [4.78, 5) is 0. The number of nitrogens with one attached hydrogen (secondary N) is 1. The normalized spacial score (nSPS) is 11.0. The highest BCUT2D eigenvalue weighted by Gasteiger charge is 2.33. The van der Waals surface area contributed by atoms with Crippen LogP contribution in [-0.4, -0.2) is 0 Å². The van der Waals surface area contributed by atoms with E-state index in [1.54, 1.807) is 0 Å². The van der Waals surface area contributed by atoms with E-state index in [0.29, 0.717) is 9.26 Å². The summed E-state index contributed by atoms with van der Waals surface area (Å²) in [5.41, 5.74) is -0.797. The third kappa shape index (κ3) is 3.64. The summed E-state index contributed by atoms with van der Waals surface area (Å²) >= 11 is 1.87. The Labute approximate surface area is 131 Å². The van der Waals surface area contributed by atoms with Crippen molar-refractivity contribution in [3.8, 4) is 6.07 Å². The van der Waals surface area contributed by atoms with Crippen LogP contribution in [-0.2, 0) is 6.18 Å². The highest BCUT2D eigenvalue weighted by atomic mass is 127. The molecule has 1 N–H and O–H groups in total. The molecule has 0 fully saturated rings. The zero-order valence-corrected chi connectivity index (χ0v) is 12.5. The number of hydrogen-bond acceptors (Lipinski definition) is 2. The fourth-order valence-electron chi connectivity index (χ4n) is 1.70. The lowest BCUT2D eigenvalue weighted by atomic mass is 10.1. The van der Waals surface area contributed by atoms with Gasteiger partial charge in [-0.3, -0.25) is 0 Å². The van der Waals surface area contributed by atoms with Crippen LogP contribution < -0.4 is 5.32 Å². The molecule has 0 atom stereocenters. The van der Waals surface area contributed by atoms with Gasteiger partial charge in [0, 0.05) is 9.26 Å². The van der Waals surface area contributed by atoms with Crippen molar-refractivity contribution in [2.75, 3.05) is 5.32 Å². The Kier molecular flexibility index (Phi) is 4.37. The zero-order valence-electron chi connectivity index (χ0n) is 10.3. The van der Waals surface area contributed by atoms with Crippen molar-refractivity contribution < 1.29 is 17.6 Å². The van der Waals surface area contributed by atoms with Gasteiger partial charge in [0.2, 0.25) is 0 Å². The molecule has 0 saturated heterocycles. The van der Waals surface area contributed by atoms with Crippen molar-refractivity contribution in [2.45, 2.75) is 6.18 Å². The number of rotatable bonds is 2. The van der Waals surface area contributed by atoms with Crippen LogP contribution in [0.25, 0.3) is 0 Å². The van der Waals surface area contributed by atoms with E-state index in [0.717, 1.165) is 12.1 Å². The highest BCUT2D eigenvalue weighted by molar-refractivity contribution is 14.1. The molecule has 0 radical (unpaired) electrons. The SMILES string of the molecule is N#Cc1ccc(Nc2ccc(F)cc2I)cc1C(F)(F)F. The number of benzene rings is 2. The molecule has 0 aromatic heterocycles. The van der Waals surface area contributed by atoms with Gasteiger partial charge in [-0.05, 0) is 59.0 Å². The van der Waals surface area contributed by atoms with Crippen molar-refractivity contribution >= 4 is 34.0 Å². The fourth-order valence-corrected chi connectivity index (χ4v) is 2.31. The summed E-state index contributed by atoms with van der Waals surface area (Å²) in [7, 11) is 0. The van der Waals surface area contributed by atoms with E-state index >= 15 is 0 Å². The first-order valence-corrected chi connectivity index (χ1v) is 6.72. The first-order chi connectivity index (χ1) is 9.81. The monoisotopic (exact) mass is 406 g/mol. The lowest BCUT2D eigenvalue weighted by Gasteiger charge is -2.13. The molecular formula is C14H7F4IN2. The third-order valence-corrected chi connectivity index (χ3v) is 3.55. The van der Waals surface area contributed by atoms with Crippen LogP contribution in [0, 0.1) is 20.7 Å². The van der Waals surface area contributed by atoms with Crippen molar-refractivity contribution in [1.29, 1.82) is 5.26 Å². The standard InChI is InChI=1S/C14H7F4IN2/c15-9-2-4-13(12(19)5-9)21-10-3-1-8(7-20)11(6-10)14(16,17)18/h1-6,21H. The molecule has 0 aliphatic heterocycles. The van der Waals surface area contributed by atoms with Crippen LogP contribution in [0.3, 0.4) is 0 Å². The summed E-state index contributed by atoms with van der Waals surface area (Å²) in [5, 5.41) is 11.5. The number of anilines is 2. The van der Waals surface area contributed by atoms with Crippen LogP contribution >= 0.6 is 22.6 Å². The molecule has 7 heteroatoms. The maximum absolute atomic E-state index is 13.0. The molecule has 0 aliphatic carbocycles. The van der Waals surface area contributed by atoms with Crippen molar-refractivity contribution in [3.05, 3.63) is 56.9 Å². The molecule has 0 heterocycles. The van der Waals surface area contributed by atoms with Gasteiger partial charge in [0.15, 0.2) is 0 Å². The predicted octanol–water partition coefficient (Wildman–Crippen LogP) is 5.06. The predicted molar refractivity (Wildman–Crippen MR) is 78.6 cm³/mol. The molecule has 2 aromatic rings. The van der Waals surface area contributed by atoms with Gasteiger partial charge < -0.3 is 5.32 Å². The molecule has 108 valence electrons. The lowest BCUT2D eigenvalue weighted by molar-refractivity contribution is -0.137. The molecule has 21 heavy (non-hydrogen) atoms. The van der Waals surface area contributed by atoms with Crippen LogP contribution in [0.4, 0.5) is 28.9 Å². The van der Waals surface area contributed by atoms with Crippen molar-refractivity contribution in [2.24, 2.45) is 0 Å². The minimum Gasteiger partial charge on any atom is -0.355 e. The van der Waals surface area contributed by atoms with Gasteiger partial charge in [-0.15, -0.1) is 0 Å². The van der Waals surface area contributed by atoms with Crippen molar-refractivity contribution in [3.63, 3.8) is 0 Å². The Balaban J connectivity index is 2.40. The molecule has 2 nitrogen and oxygen atoms in total. The number of alkyl halides is 3. The van der Waals surface area contributed by atoms with Gasteiger partial charge in [-0.2, -0.15) is 18.4 Å². The molecule has 0 aliphatic rings. The van der Waals surface area contributed by atoms with E-state index in [1.165, 1.54) is 30.3 Å². The van der Waals surface area contributed by atoms with Crippen molar-refractivity contribution in [1.82, 2.24) is 0 Å². The Bertz CT molecular complexity index is 720. The second-order valence-corrected chi connectivity index (χ2v) is 5.28. The van der Waals surface area contributed by atoms with E-state index in [-0.39, 0.29) is 5.69 Å². The van der Waals surface area contributed by atoms with Gasteiger partial charge in [0.25, 0.3) is 0 Å². The van der Waals surface area contributed by atoms with Crippen LogP contribution in [0.1, 0.15) is 11.1 Å². The van der Waals surface area contributed by atoms with Gasteiger partial charge >= 0.3 is 6.18 Å². The maximum Gasteiger partial charge on any atom is 0.417 e. The average molecular weight is 406 g/mol. The van der Waals surface area contributed by atoms with Crippen LogP contribution in [0.2, 0.25) is 0 Å². The Morgan fingerprint density at radius 3 is 2.38 bits per heavy atom. The van der Waals surface area contributed by atoms with Crippen LogP contribution in [0.5, 0.6) is 0 Å². The first kappa shape index (κ1) is 15.6. The molecule has 2 rings (SSSR count). The topological polar surface area (TPSA) is 35.8 Å². The lowest BCUT2D eigenvalue weighted by Crippen LogP contribution is -2.08. The van der Waals surface area contributed by atoms with E-state index < -0.39 is 23.1 Å². The Morgan fingerprint density at radius 1 is 1.10 bits per heavy atom. The third-order valence-electron chi connectivity index (χ3n) is 2.66. The molecule has 0 unspecified atom stereocenters. The highest BCUT2D eigenvalue weighted by Crippen LogP contribution is 2.34. The molecule has 0 spiro atoms. The number of nitrogens with zero attached hydrogens (tertiary/aromatic N) is 1. The summed E-state index contributed by atoms with van der Waals surface area (Å²) < 4.78 is 52.1. The number of hydrogen-bond donors (Lipinski definition) is 1. The molecule has 0 bridgehead atoms. The summed E-state index contributed by atoms with van der Waals surface area (Å²) in [6.07, 6.45) is -4.61. The zero-order chi connectivity index (χ0) is 15.6. The minimum absolute atomic E-state index is 0.172. The second-order valence-electron chi connectivity index (χ2n) is 4.12. The minimum atomic E-state index is -4.61. The largest absolute Gasteiger partial charge is 0.417 e. The van der Waals surface area contributed by atoms with Crippen LogP contribution in [0.15, 0.2) is 36.4 Å². The smallest absolute Gasteiger partial charge is 0.355 e.